The molecule has 0 atom stereocenters. The monoisotopic (exact) mass is 690 g/mol. The highest BCUT2D eigenvalue weighted by Crippen LogP contribution is 2.66. The Labute approximate surface area is 211 Å². The first kappa shape index (κ1) is 39.5. The maximum atomic E-state index is 14.2. The Kier molecular flexibility index (Phi) is 9.40. The number of alkyl halides is 25. The van der Waals surface area contributed by atoms with Crippen LogP contribution in [0.25, 0.3) is 0 Å². The molecule has 0 amide bonds. The second-order valence-corrected chi connectivity index (χ2v) is 7.33. The van der Waals surface area contributed by atoms with E-state index >= 15 is 0 Å². The van der Waals surface area contributed by atoms with Gasteiger partial charge in [0.15, 0.2) is 5.57 Å². The quantitative estimate of drug-likeness (QED) is 0.139. The highest BCUT2D eigenvalue weighted by atomic mass is 19.4. The lowest BCUT2D eigenvalue weighted by Gasteiger charge is -2.43. The number of ether oxygens (including phenoxy) is 1. The van der Waals surface area contributed by atoms with Gasteiger partial charge in [-0.15, -0.1) is 0 Å². The summed E-state index contributed by atoms with van der Waals surface area (Å²) in [7, 11) is -0.542. The van der Waals surface area contributed by atoms with E-state index in [1.54, 1.807) is 0 Å². The topological polar surface area (TPSA) is 26.3 Å². The van der Waals surface area contributed by atoms with E-state index in [0.717, 1.165) is 0 Å². The first-order valence-corrected chi connectivity index (χ1v) is 8.79. The van der Waals surface area contributed by atoms with Crippen LogP contribution in [0.4, 0.5) is 110 Å². The van der Waals surface area contributed by atoms with Crippen LogP contribution in [0.1, 0.15) is 0 Å². The zero-order valence-electron chi connectivity index (χ0n) is 18.3. The van der Waals surface area contributed by atoms with E-state index < -0.39 is 90.1 Å². The fourth-order valence-electron chi connectivity index (χ4n) is 2.44. The Morgan fingerprint density at radius 1 is 0.405 bits per heavy atom. The summed E-state index contributed by atoms with van der Waals surface area (Å²) in [5.74, 6) is -77.3. The van der Waals surface area contributed by atoms with Crippen molar-refractivity contribution in [3.63, 3.8) is 0 Å². The molecule has 0 aromatic carbocycles. The molecule has 0 rings (SSSR count). The first-order valence-electron chi connectivity index (χ1n) is 8.79. The molecule has 0 saturated heterocycles. The van der Waals surface area contributed by atoms with Crippen LogP contribution in [0.2, 0.25) is 0 Å². The molecular weight excluding hydrogens is 687 g/mol. The molecule has 0 aliphatic carbocycles. The number of rotatable bonds is 9. The lowest BCUT2D eigenvalue weighted by atomic mass is 9.83. The van der Waals surface area contributed by atoms with Crippen LogP contribution < -0.4 is 0 Å². The lowest BCUT2D eigenvalue weighted by molar-refractivity contribution is -0.461. The third-order valence-corrected chi connectivity index (χ3v) is 4.63. The van der Waals surface area contributed by atoms with E-state index in [-0.39, 0.29) is 0 Å². The molecule has 27 heteroatoms. The molecule has 0 fully saturated rings. The molecule has 0 aliphatic heterocycles. The van der Waals surface area contributed by atoms with Gasteiger partial charge in [-0.2, -0.15) is 110 Å². The van der Waals surface area contributed by atoms with Crippen molar-refractivity contribution in [2.24, 2.45) is 0 Å². The Morgan fingerprint density at radius 2 is 0.690 bits per heavy atom. The standard InChI is InChI=1S/C15H3F25O2/c1-42-4(41)2(7(20,21)22)3(6(18,19)14(35,36)37)5(16,17)8(23,24)9(25,26)10(27,28)11(29,30)12(31,32)13(33,34)15(38,39)40/h1H3. The molecule has 0 aromatic heterocycles. The number of hydrogen-bond acceptors (Lipinski definition) is 2. The number of carbonyl (C=O) groups is 1. The van der Waals surface area contributed by atoms with Crippen LogP contribution >= 0.6 is 0 Å². The van der Waals surface area contributed by atoms with E-state index in [4.69, 9.17) is 0 Å². The van der Waals surface area contributed by atoms with E-state index in [0.29, 0.717) is 0 Å². The maximum Gasteiger partial charge on any atom is 0.460 e. The van der Waals surface area contributed by atoms with Gasteiger partial charge in [-0.3, -0.25) is 0 Å². The van der Waals surface area contributed by atoms with Crippen molar-refractivity contribution in [3.8, 4) is 0 Å². The molecule has 0 aromatic rings. The van der Waals surface area contributed by atoms with Crippen LogP contribution in [0.5, 0.6) is 0 Å². The molecule has 0 spiro atoms. The van der Waals surface area contributed by atoms with Crippen molar-refractivity contribution in [1.82, 2.24) is 0 Å². The van der Waals surface area contributed by atoms with Gasteiger partial charge in [0.25, 0.3) is 0 Å². The number of methoxy groups -OCH3 is 1. The van der Waals surface area contributed by atoms with Gasteiger partial charge < -0.3 is 4.74 Å². The average molecular weight is 690 g/mol. The summed E-state index contributed by atoms with van der Waals surface area (Å²) in [6.07, 6.45) is -23.9. The van der Waals surface area contributed by atoms with E-state index in [1.165, 1.54) is 0 Å². The zero-order valence-corrected chi connectivity index (χ0v) is 18.3. The second kappa shape index (κ2) is 10.0. The fraction of sp³-hybridized carbons (Fsp3) is 0.800. The number of carbonyl (C=O) groups excluding carboxylic acids is 1. The minimum atomic E-state index is -9.57. The first-order chi connectivity index (χ1) is 17.7. The zero-order chi connectivity index (χ0) is 34.9. The molecule has 0 radical (unpaired) electrons. The largest absolute Gasteiger partial charge is 0.465 e. The van der Waals surface area contributed by atoms with Crippen LogP contribution in [-0.2, 0) is 9.53 Å². The highest BCUT2D eigenvalue weighted by Gasteiger charge is 2.96. The smallest absolute Gasteiger partial charge is 0.460 e. The number of allylic oxidation sites excluding steroid dienone is 1. The number of halogens is 25. The lowest BCUT2D eigenvalue weighted by Crippen LogP contribution is -2.75. The van der Waals surface area contributed by atoms with Crippen LogP contribution in [0.3, 0.4) is 0 Å². The Morgan fingerprint density at radius 3 is 0.929 bits per heavy atom. The van der Waals surface area contributed by atoms with Gasteiger partial charge in [-0.05, 0) is 0 Å². The third kappa shape index (κ3) is 5.24. The average Bonchev–Trinajstić information content (AvgIpc) is 2.73. The van der Waals surface area contributed by atoms with Crippen LogP contribution in [0, 0.1) is 0 Å². The Balaban J connectivity index is 8.07. The summed E-state index contributed by atoms with van der Waals surface area (Å²) in [4.78, 5) is 11.1. The molecule has 0 bridgehead atoms. The minimum absolute atomic E-state index is 0.542. The molecule has 0 unspecified atom stereocenters. The predicted molar refractivity (Wildman–Crippen MR) is 76.8 cm³/mol. The normalized spacial score (nSPS) is 16.8. The van der Waals surface area contributed by atoms with Gasteiger partial charge in [0.1, 0.15) is 5.57 Å². The van der Waals surface area contributed by atoms with Gasteiger partial charge in [-0.1, -0.05) is 0 Å². The summed E-state index contributed by atoms with van der Waals surface area (Å²) >= 11 is 0. The molecule has 0 saturated carbocycles. The van der Waals surface area contributed by atoms with Gasteiger partial charge in [-0.25, -0.2) is 4.79 Å². The summed E-state index contributed by atoms with van der Waals surface area (Å²) in [5.41, 5.74) is -11.1. The van der Waals surface area contributed by atoms with Crippen molar-refractivity contribution in [3.05, 3.63) is 11.1 Å². The Bertz CT molecular complexity index is 1050. The summed E-state index contributed by atoms with van der Waals surface area (Å²) in [5, 5.41) is 0. The van der Waals surface area contributed by atoms with Crippen molar-refractivity contribution in [2.45, 2.75) is 65.9 Å². The molecule has 0 N–H and O–H groups in total. The molecule has 0 heterocycles. The number of hydrogen-bond donors (Lipinski definition) is 0. The predicted octanol–water partition coefficient (Wildman–Crippen LogP) is 8.23. The van der Waals surface area contributed by atoms with Crippen LogP contribution in [-0.4, -0.2) is 79.0 Å². The van der Waals surface area contributed by atoms with Gasteiger partial charge >= 0.3 is 71.9 Å². The SMILES string of the molecule is COC(=O)C(=C(C(F)(F)C(F)(F)F)C(F)(F)C(F)(F)C(F)(F)C(F)(F)C(F)(F)C(F)(F)C(F)(F)C(F)(F)F)C(F)(F)F. The summed E-state index contributed by atoms with van der Waals surface area (Å²) in [6, 6.07) is 0. The van der Waals surface area contributed by atoms with E-state index in [2.05, 4.69) is 4.74 Å². The molecule has 0 aliphatic rings. The maximum absolute atomic E-state index is 14.2. The van der Waals surface area contributed by atoms with Crippen molar-refractivity contribution in [1.29, 1.82) is 0 Å². The second-order valence-electron chi connectivity index (χ2n) is 7.33. The van der Waals surface area contributed by atoms with Gasteiger partial charge in [0.05, 0.1) is 7.11 Å². The van der Waals surface area contributed by atoms with E-state index in [1.807, 2.05) is 0 Å². The van der Waals surface area contributed by atoms with Crippen LogP contribution in [0.15, 0.2) is 11.1 Å². The molecule has 2 nitrogen and oxygen atoms in total. The fourth-order valence-corrected chi connectivity index (χ4v) is 2.44. The molecule has 250 valence electrons. The van der Waals surface area contributed by atoms with Crippen molar-refractivity contribution >= 4 is 5.97 Å². The van der Waals surface area contributed by atoms with Crippen molar-refractivity contribution in [2.75, 3.05) is 7.11 Å². The van der Waals surface area contributed by atoms with Gasteiger partial charge in [0, 0.05) is 0 Å². The minimum Gasteiger partial charge on any atom is -0.465 e. The highest BCUT2D eigenvalue weighted by molar-refractivity contribution is 5.91. The van der Waals surface area contributed by atoms with Crippen molar-refractivity contribution < 1.29 is 119 Å². The number of esters is 1. The van der Waals surface area contributed by atoms with E-state index in [9.17, 15) is 115 Å². The summed E-state index contributed by atoms with van der Waals surface area (Å²) in [6.45, 7) is 0. The molecular formula is C15H3F25O2. The Hall–Kier alpha value is -2.54. The van der Waals surface area contributed by atoms with Gasteiger partial charge in [0.2, 0.25) is 0 Å². The third-order valence-electron chi connectivity index (χ3n) is 4.63. The molecule has 42 heavy (non-hydrogen) atoms. The summed E-state index contributed by atoms with van der Waals surface area (Å²) < 4.78 is 333.